The fourth-order valence-corrected chi connectivity index (χ4v) is 2.45. The number of hydrogen-bond acceptors (Lipinski definition) is 6. The number of phenolic OH excluding ortho intramolecular Hbond substituents is 2. The van der Waals surface area contributed by atoms with E-state index < -0.39 is 5.60 Å². The molecule has 154 valence electrons. The van der Waals surface area contributed by atoms with Gasteiger partial charge in [0.25, 0.3) is 0 Å². The number of phenols is 2. The Hall–Kier alpha value is -1.83. The Morgan fingerprint density at radius 1 is 1.07 bits per heavy atom. The molecule has 1 aromatic rings. The zero-order valence-electron chi connectivity index (χ0n) is 16.9. The third-order valence-electron chi connectivity index (χ3n) is 4.31. The van der Waals surface area contributed by atoms with Crippen LogP contribution >= 0.6 is 0 Å². The van der Waals surface area contributed by atoms with Crippen LogP contribution in [0.5, 0.6) is 11.5 Å². The highest BCUT2D eigenvalue weighted by atomic mass is 16.5. The van der Waals surface area contributed by atoms with Gasteiger partial charge in [-0.3, -0.25) is 4.79 Å². The summed E-state index contributed by atoms with van der Waals surface area (Å²) >= 11 is 0. The van der Waals surface area contributed by atoms with Crippen molar-refractivity contribution in [2.45, 2.75) is 58.2 Å². The van der Waals surface area contributed by atoms with E-state index in [1.807, 2.05) is 27.7 Å². The fraction of sp³-hybridized carbons (Fsp3) is 0.650. The first kappa shape index (κ1) is 23.2. The maximum absolute atomic E-state index is 11.9. The van der Waals surface area contributed by atoms with Crippen LogP contribution in [0, 0.1) is 0 Å². The molecule has 27 heavy (non-hydrogen) atoms. The highest BCUT2D eigenvalue weighted by Gasteiger charge is 2.23. The van der Waals surface area contributed by atoms with Gasteiger partial charge in [0, 0.05) is 6.54 Å². The van der Waals surface area contributed by atoms with Crippen molar-refractivity contribution in [2.24, 2.45) is 5.73 Å². The van der Waals surface area contributed by atoms with Crippen LogP contribution in [0.1, 0.15) is 46.1 Å². The maximum atomic E-state index is 11.9. The molecular formula is C20H34N2O5. The maximum Gasteiger partial charge on any atom is 0.246 e. The fourth-order valence-electron chi connectivity index (χ4n) is 2.45. The van der Waals surface area contributed by atoms with Crippen LogP contribution in [0.15, 0.2) is 18.2 Å². The minimum Gasteiger partial charge on any atom is -0.504 e. The first-order chi connectivity index (χ1) is 12.5. The molecule has 0 heterocycles. The van der Waals surface area contributed by atoms with E-state index in [-0.39, 0.29) is 29.6 Å². The molecular weight excluding hydrogens is 348 g/mol. The van der Waals surface area contributed by atoms with Crippen molar-refractivity contribution in [2.75, 3.05) is 26.3 Å². The second kappa shape index (κ2) is 10.5. The summed E-state index contributed by atoms with van der Waals surface area (Å²) in [4.78, 5) is 11.9. The number of carbonyl (C=O) groups excluding carboxylic acids is 1. The smallest absolute Gasteiger partial charge is 0.246 e. The number of benzene rings is 1. The molecule has 0 atom stereocenters. The normalized spacial score (nSPS) is 12.2. The standard InChI is InChI=1S/C20H34N2O5/c1-19(2,8-10-21)26-12-9-20(3,4)27-14-18(25)22-11-7-15-5-6-16(23)17(24)13-15/h5-6,13,23-24H,7-12,14,21H2,1-4H3,(H,22,25). The number of aromatic hydroxyl groups is 2. The number of nitrogens with two attached hydrogens (primary N) is 1. The summed E-state index contributed by atoms with van der Waals surface area (Å²) in [5.74, 6) is -0.523. The second-order valence-electron chi connectivity index (χ2n) is 7.87. The van der Waals surface area contributed by atoms with Crippen LogP contribution in [-0.4, -0.2) is 53.6 Å². The van der Waals surface area contributed by atoms with E-state index in [0.29, 0.717) is 32.5 Å². The lowest BCUT2D eigenvalue weighted by molar-refractivity contribution is -0.133. The monoisotopic (exact) mass is 382 g/mol. The van der Waals surface area contributed by atoms with E-state index in [2.05, 4.69) is 5.32 Å². The molecule has 0 saturated heterocycles. The number of amides is 1. The van der Waals surface area contributed by atoms with Crippen molar-refractivity contribution in [3.05, 3.63) is 23.8 Å². The Balaban J connectivity index is 2.26. The molecule has 1 aromatic carbocycles. The molecule has 0 unspecified atom stereocenters. The Morgan fingerprint density at radius 2 is 1.74 bits per heavy atom. The van der Waals surface area contributed by atoms with Crippen LogP contribution in [0.4, 0.5) is 0 Å². The first-order valence-electron chi connectivity index (χ1n) is 9.30. The summed E-state index contributed by atoms with van der Waals surface area (Å²) in [6.45, 7) is 9.38. The van der Waals surface area contributed by atoms with Gasteiger partial charge in [0.05, 0.1) is 17.8 Å². The molecule has 0 aromatic heterocycles. The molecule has 7 heteroatoms. The highest BCUT2D eigenvalue weighted by Crippen LogP contribution is 2.24. The number of nitrogens with one attached hydrogen (secondary N) is 1. The molecule has 0 bridgehead atoms. The van der Waals surface area contributed by atoms with Crippen LogP contribution < -0.4 is 11.1 Å². The van der Waals surface area contributed by atoms with Crippen molar-refractivity contribution in [1.29, 1.82) is 0 Å². The summed E-state index contributed by atoms with van der Waals surface area (Å²) in [5, 5.41) is 21.5. The number of rotatable bonds is 12. The van der Waals surface area contributed by atoms with Gasteiger partial charge in [-0.25, -0.2) is 0 Å². The van der Waals surface area contributed by atoms with Gasteiger partial charge in [0.15, 0.2) is 11.5 Å². The van der Waals surface area contributed by atoms with Gasteiger partial charge in [-0.15, -0.1) is 0 Å². The topological polar surface area (TPSA) is 114 Å². The minimum absolute atomic E-state index is 0.0278. The summed E-state index contributed by atoms with van der Waals surface area (Å²) in [6, 6.07) is 4.61. The van der Waals surface area contributed by atoms with Crippen LogP contribution in [0.2, 0.25) is 0 Å². The summed E-state index contributed by atoms with van der Waals surface area (Å²) < 4.78 is 11.6. The van der Waals surface area contributed by atoms with Crippen molar-refractivity contribution >= 4 is 5.91 Å². The Kier molecular flexibility index (Phi) is 9.02. The average Bonchev–Trinajstić information content (AvgIpc) is 2.56. The number of ether oxygens (including phenoxy) is 2. The minimum atomic E-state index is -0.473. The molecule has 0 radical (unpaired) electrons. The van der Waals surface area contributed by atoms with Gasteiger partial charge in [-0.1, -0.05) is 6.07 Å². The highest BCUT2D eigenvalue weighted by molar-refractivity contribution is 5.77. The van der Waals surface area contributed by atoms with Crippen molar-refractivity contribution < 1.29 is 24.5 Å². The zero-order chi connectivity index (χ0) is 20.5. The van der Waals surface area contributed by atoms with Crippen LogP contribution in [-0.2, 0) is 20.7 Å². The van der Waals surface area contributed by atoms with Gasteiger partial charge in [-0.2, -0.15) is 0 Å². The number of carbonyl (C=O) groups is 1. The molecule has 7 nitrogen and oxygen atoms in total. The Morgan fingerprint density at radius 3 is 2.37 bits per heavy atom. The second-order valence-corrected chi connectivity index (χ2v) is 7.87. The molecule has 5 N–H and O–H groups in total. The van der Waals surface area contributed by atoms with Gasteiger partial charge in [-0.05, 0) is 71.2 Å². The molecule has 1 amide bonds. The summed E-state index contributed by atoms with van der Waals surface area (Å²) in [5.41, 5.74) is 5.66. The Bertz CT molecular complexity index is 602. The van der Waals surface area contributed by atoms with Gasteiger partial charge >= 0.3 is 0 Å². The molecule has 0 saturated carbocycles. The van der Waals surface area contributed by atoms with Crippen molar-refractivity contribution in [3.8, 4) is 11.5 Å². The van der Waals surface area contributed by atoms with E-state index in [1.54, 1.807) is 6.07 Å². The largest absolute Gasteiger partial charge is 0.504 e. The van der Waals surface area contributed by atoms with E-state index in [0.717, 1.165) is 12.0 Å². The molecule has 0 fully saturated rings. The summed E-state index contributed by atoms with van der Waals surface area (Å²) in [7, 11) is 0. The Labute approximate surface area is 161 Å². The van der Waals surface area contributed by atoms with Gasteiger partial charge in [0.2, 0.25) is 5.91 Å². The molecule has 0 aliphatic heterocycles. The lowest BCUT2D eigenvalue weighted by Crippen LogP contribution is -2.36. The predicted octanol–water partition coefficient (Wildman–Crippen LogP) is 2.09. The van der Waals surface area contributed by atoms with E-state index in [1.165, 1.54) is 12.1 Å². The SMILES string of the molecule is CC(C)(CCN)OCCC(C)(C)OCC(=O)NCCc1ccc(O)c(O)c1. The molecule has 0 aliphatic carbocycles. The third kappa shape index (κ3) is 9.60. The lowest BCUT2D eigenvalue weighted by Gasteiger charge is -2.29. The zero-order valence-corrected chi connectivity index (χ0v) is 16.9. The predicted molar refractivity (Wildman–Crippen MR) is 105 cm³/mol. The molecule has 1 rings (SSSR count). The van der Waals surface area contributed by atoms with E-state index in [4.69, 9.17) is 15.2 Å². The van der Waals surface area contributed by atoms with E-state index >= 15 is 0 Å². The van der Waals surface area contributed by atoms with Gasteiger partial charge in [0.1, 0.15) is 6.61 Å². The quantitative estimate of drug-likeness (QED) is 0.412. The van der Waals surface area contributed by atoms with Crippen molar-refractivity contribution in [3.63, 3.8) is 0 Å². The summed E-state index contributed by atoms with van der Waals surface area (Å²) in [6.07, 6.45) is 2.00. The van der Waals surface area contributed by atoms with Crippen molar-refractivity contribution in [1.82, 2.24) is 5.32 Å². The van der Waals surface area contributed by atoms with E-state index in [9.17, 15) is 15.0 Å². The molecule has 0 aliphatic rings. The average molecular weight is 383 g/mol. The first-order valence-corrected chi connectivity index (χ1v) is 9.30. The lowest BCUT2D eigenvalue weighted by atomic mass is 10.0. The van der Waals surface area contributed by atoms with Crippen LogP contribution in [0.25, 0.3) is 0 Å². The van der Waals surface area contributed by atoms with Gasteiger partial charge < -0.3 is 30.7 Å². The van der Waals surface area contributed by atoms with Crippen LogP contribution in [0.3, 0.4) is 0 Å². The molecule has 0 spiro atoms. The third-order valence-corrected chi connectivity index (χ3v) is 4.31. The number of hydrogen-bond donors (Lipinski definition) is 4.